The molecule has 0 aliphatic heterocycles. The van der Waals surface area contributed by atoms with Crippen molar-refractivity contribution in [1.29, 1.82) is 0 Å². The summed E-state index contributed by atoms with van der Waals surface area (Å²) in [6.07, 6.45) is 0.313. The van der Waals surface area contributed by atoms with E-state index in [1.54, 1.807) is 6.92 Å². The van der Waals surface area contributed by atoms with Gasteiger partial charge in [-0.05, 0) is 55.7 Å². The molecule has 0 radical (unpaired) electrons. The molecule has 0 fully saturated rings. The van der Waals surface area contributed by atoms with Crippen molar-refractivity contribution < 1.29 is 9.53 Å². The summed E-state index contributed by atoms with van der Waals surface area (Å²) in [6.45, 7) is 5.81. The maximum Gasteiger partial charge on any atom is 0.265 e. The monoisotopic (exact) mass is 361 g/mol. The normalized spacial score (nSPS) is 11.8. The Kier molecular flexibility index (Phi) is 5.61. The summed E-state index contributed by atoms with van der Waals surface area (Å²) in [7, 11) is 0. The summed E-state index contributed by atoms with van der Waals surface area (Å²) in [5.41, 5.74) is 2.94. The molecule has 1 amide bonds. The molecule has 0 bridgehead atoms. The molecule has 0 aliphatic rings. The number of halogens is 1. The molecule has 0 heterocycles. The second-order valence-electron chi connectivity index (χ2n) is 5.17. The van der Waals surface area contributed by atoms with Gasteiger partial charge in [0.25, 0.3) is 5.91 Å². The van der Waals surface area contributed by atoms with Gasteiger partial charge in [-0.3, -0.25) is 4.79 Å². The Morgan fingerprint density at radius 2 is 2.00 bits per heavy atom. The Hall–Kier alpha value is -1.81. The number of hydrogen-bond acceptors (Lipinski definition) is 2. The molecule has 0 aliphatic carbocycles. The molecular weight excluding hydrogens is 342 g/mol. The van der Waals surface area contributed by atoms with Crippen molar-refractivity contribution in [2.75, 3.05) is 5.32 Å². The summed E-state index contributed by atoms with van der Waals surface area (Å²) in [4.78, 5) is 12.3. The Bertz CT molecular complexity index is 670. The van der Waals surface area contributed by atoms with E-state index < -0.39 is 6.10 Å². The molecule has 2 rings (SSSR count). The average Bonchev–Trinajstić information content (AvgIpc) is 2.51. The molecule has 22 heavy (non-hydrogen) atoms. The Morgan fingerprint density at radius 3 is 2.68 bits per heavy atom. The van der Waals surface area contributed by atoms with Crippen molar-refractivity contribution in [3.8, 4) is 5.75 Å². The maximum atomic E-state index is 12.3. The molecule has 0 spiro atoms. The third-order valence-electron chi connectivity index (χ3n) is 3.45. The predicted octanol–water partition coefficient (Wildman–Crippen LogP) is 4.73. The lowest BCUT2D eigenvalue weighted by atomic mass is 10.1. The molecule has 2 aromatic rings. The van der Waals surface area contributed by atoms with Crippen LogP contribution in [0, 0.1) is 6.92 Å². The number of nitrogens with one attached hydrogen (secondary N) is 1. The minimum Gasteiger partial charge on any atom is -0.481 e. The van der Waals surface area contributed by atoms with E-state index in [9.17, 15) is 4.79 Å². The molecule has 1 N–H and O–H groups in total. The van der Waals surface area contributed by atoms with E-state index in [0.29, 0.717) is 0 Å². The number of aryl methyl sites for hydroxylation is 2. The van der Waals surface area contributed by atoms with Gasteiger partial charge in [-0.15, -0.1) is 0 Å². The number of para-hydroxylation sites is 1. The van der Waals surface area contributed by atoms with E-state index >= 15 is 0 Å². The highest BCUT2D eigenvalue weighted by Crippen LogP contribution is 2.22. The molecule has 2 aromatic carbocycles. The third-order valence-corrected chi connectivity index (χ3v) is 4.34. The van der Waals surface area contributed by atoms with Gasteiger partial charge in [-0.25, -0.2) is 0 Å². The Morgan fingerprint density at radius 1 is 1.27 bits per heavy atom. The molecule has 1 atom stereocenters. The lowest BCUT2D eigenvalue weighted by Gasteiger charge is -2.17. The van der Waals surface area contributed by atoms with Crippen LogP contribution in [0.4, 0.5) is 5.69 Å². The zero-order valence-electron chi connectivity index (χ0n) is 13.0. The van der Waals surface area contributed by atoms with Gasteiger partial charge in [0.2, 0.25) is 0 Å². The summed E-state index contributed by atoms with van der Waals surface area (Å²) in [5.74, 6) is 0.604. The molecule has 3 nitrogen and oxygen atoms in total. The molecule has 0 saturated heterocycles. The minimum atomic E-state index is -0.559. The van der Waals surface area contributed by atoms with Crippen LogP contribution in [-0.4, -0.2) is 12.0 Å². The predicted molar refractivity (Wildman–Crippen MR) is 93.4 cm³/mol. The average molecular weight is 362 g/mol. The van der Waals surface area contributed by atoms with E-state index in [1.807, 2.05) is 49.4 Å². The second-order valence-corrected chi connectivity index (χ2v) is 6.03. The van der Waals surface area contributed by atoms with Gasteiger partial charge in [0.15, 0.2) is 6.10 Å². The lowest BCUT2D eigenvalue weighted by molar-refractivity contribution is -0.122. The molecule has 0 saturated carbocycles. The number of ether oxygens (including phenoxy) is 1. The smallest absolute Gasteiger partial charge is 0.265 e. The van der Waals surface area contributed by atoms with Crippen LogP contribution in [0.25, 0.3) is 0 Å². The van der Waals surface area contributed by atoms with Gasteiger partial charge in [0.1, 0.15) is 5.75 Å². The number of carbonyl (C=O) groups is 1. The number of anilines is 1. The number of carbonyl (C=O) groups excluding carboxylic acids is 1. The van der Waals surface area contributed by atoms with E-state index in [0.717, 1.165) is 33.5 Å². The van der Waals surface area contributed by atoms with Crippen LogP contribution in [0.15, 0.2) is 46.9 Å². The first-order chi connectivity index (χ1) is 10.5. The topological polar surface area (TPSA) is 38.3 Å². The fourth-order valence-electron chi connectivity index (χ4n) is 2.12. The van der Waals surface area contributed by atoms with Crippen LogP contribution in [-0.2, 0) is 11.2 Å². The van der Waals surface area contributed by atoms with Gasteiger partial charge in [-0.2, -0.15) is 0 Å². The van der Waals surface area contributed by atoms with Crippen molar-refractivity contribution in [3.05, 3.63) is 58.1 Å². The molecule has 116 valence electrons. The maximum absolute atomic E-state index is 12.3. The number of amides is 1. The van der Waals surface area contributed by atoms with Crippen LogP contribution < -0.4 is 10.1 Å². The van der Waals surface area contributed by atoms with E-state index in [4.69, 9.17) is 4.74 Å². The van der Waals surface area contributed by atoms with Gasteiger partial charge >= 0.3 is 0 Å². The minimum absolute atomic E-state index is 0.160. The number of benzene rings is 2. The fourth-order valence-corrected chi connectivity index (χ4v) is 2.37. The molecule has 0 aromatic heterocycles. The highest BCUT2D eigenvalue weighted by Gasteiger charge is 2.16. The quantitative estimate of drug-likeness (QED) is 0.835. The van der Waals surface area contributed by atoms with Crippen LogP contribution >= 0.6 is 15.9 Å². The highest BCUT2D eigenvalue weighted by molar-refractivity contribution is 9.10. The van der Waals surface area contributed by atoms with Gasteiger partial charge in [0, 0.05) is 10.2 Å². The zero-order chi connectivity index (χ0) is 16.1. The Labute approximate surface area is 139 Å². The molecule has 0 unspecified atom stereocenters. The fraction of sp³-hybridized carbons (Fsp3) is 0.278. The standard InChI is InChI=1S/C18H20BrNO2/c1-4-14-7-5-6-8-17(14)22-13(3)18(21)20-15-9-10-16(19)12(2)11-15/h5-11,13H,4H2,1-3H3,(H,20,21)/t13-/m0/s1. The summed E-state index contributed by atoms with van der Waals surface area (Å²) < 4.78 is 6.82. The first kappa shape index (κ1) is 16.6. The number of hydrogen-bond donors (Lipinski definition) is 1. The number of rotatable bonds is 5. The van der Waals surface area contributed by atoms with Crippen LogP contribution in [0.3, 0.4) is 0 Å². The largest absolute Gasteiger partial charge is 0.481 e. The van der Waals surface area contributed by atoms with Crippen molar-refractivity contribution in [3.63, 3.8) is 0 Å². The van der Waals surface area contributed by atoms with Gasteiger partial charge in [0.05, 0.1) is 0 Å². The van der Waals surface area contributed by atoms with Gasteiger partial charge in [-0.1, -0.05) is 41.1 Å². The summed E-state index contributed by atoms with van der Waals surface area (Å²) in [6, 6.07) is 13.5. The second kappa shape index (κ2) is 7.45. The van der Waals surface area contributed by atoms with Crippen molar-refractivity contribution in [1.82, 2.24) is 0 Å². The van der Waals surface area contributed by atoms with E-state index in [2.05, 4.69) is 28.2 Å². The van der Waals surface area contributed by atoms with Crippen molar-refractivity contribution in [2.45, 2.75) is 33.3 Å². The van der Waals surface area contributed by atoms with Crippen LogP contribution in [0.2, 0.25) is 0 Å². The first-order valence-corrected chi connectivity index (χ1v) is 8.12. The summed E-state index contributed by atoms with van der Waals surface area (Å²) in [5, 5.41) is 2.88. The lowest BCUT2D eigenvalue weighted by Crippen LogP contribution is -2.30. The van der Waals surface area contributed by atoms with E-state index in [1.165, 1.54) is 0 Å². The molecular formula is C18H20BrNO2. The van der Waals surface area contributed by atoms with Crippen molar-refractivity contribution >= 4 is 27.5 Å². The third kappa shape index (κ3) is 4.10. The highest BCUT2D eigenvalue weighted by atomic mass is 79.9. The summed E-state index contributed by atoms with van der Waals surface area (Å²) >= 11 is 3.45. The molecule has 4 heteroatoms. The SMILES string of the molecule is CCc1ccccc1O[C@@H](C)C(=O)Nc1ccc(Br)c(C)c1. The van der Waals surface area contributed by atoms with Gasteiger partial charge < -0.3 is 10.1 Å². The van der Waals surface area contributed by atoms with E-state index in [-0.39, 0.29) is 5.91 Å². The zero-order valence-corrected chi connectivity index (χ0v) is 14.6. The van der Waals surface area contributed by atoms with Crippen LogP contribution in [0.5, 0.6) is 5.75 Å². The van der Waals surface area contributed by atoms with Crippen LogP contribution in [0.1, 0.15) is 25.0 Å². The van der Waals surface area contributed by atoms with Crippen molar-refractivity contribution in [2.24, 2.45) is 0 Å². The first-order valence-electron chi connectivity index (χ1n) is 7.33. The Balaban J connectivity index is 2.04.